The second-order valence-electron chi connectivity index (χ2n) is 8.96. The van der Waals surface area contributed by atoms with Crippen molar-refractivity contribution in [3.63, 3.8) is 0 Å². The zero-order valence-electron chi connectivity index (χ0n) is 16.1. The number of carbonyl (C=O) groups excluding carboxylic acids is 1. The molecule has 3 heterocycles. The molecule has 29 heavy (non-hydrogen) atoms. The van der Waals surface area contributed by atoms with Crippen LogP contribution in [0.5, 0.6) is 0 Å². The number of fused-ring (bicyclic) bond motifs is 3. The zero-order valence-corrected chi connectivity index (χ0v) is 16.9. The predicted molar refractivity (Wildman–Crippen MR) is 110 cm³/mol. The Hall–Kier alpha value is -2.44. The number of benzene rings is 1. The van der Waals surface area contributed by atoms with Crippen LogP contribution in [0.1, 0.15) is 50.0 Å². The molecule has 6 rings (SSSR count). The highest BCUT2D eigenvalue weighted by Gasteiger charge is 2.59. The van der Waals surface area contributed by atoms with Crippen molar-refractivity contribution in [1.82, 2.24) is 14.5 Å². The number of imidazole rings is 1. The molecule has 0 bridgehead atoms. The molecule has 1 spiro atoms. The minimum atomic E-state index is -0.650. The minimum absolute atomic E-state index is 0.151. The summed E-state index contributed by atoms with van der Waals surface area (Å²) in [6.45, 7) is 2.26. The van der Waals surface area contributed by atoms with Crippen molar-refractivity contribution in [3.05, 3.63) is 53.1 Å². The van der Waals surface area contributed by atoms with Crippen molar-refractivity contribution in [2.45, 2.75) is 56.2 Å². The van der Waals surface area contributed by atoms with Gasteiger partial charge in [-0.15, -0.1) is 0 Å². The lowest BCUT2D eigenvalue weighted by molar-refractivity contribution is -0.120. The normalized spacial score (nSPS) is 26.8. The van der Waals surface area contributed by atoms with E-state index in [9.17, 15) is 9.90 Å². The van der Waals surface area contributed by atoms with Crippen molar-refractivity contribution in [2.75, 3.05) is 4.90 Å². The van der Waals surface area contributed by atoms with Crippen molar-refractivity contribution in [1.29, 1.82) is 0 Å². The number of anilines is 1. The Morgan fingerprint density at radius 1 is 1.28 bits per heavy atom. The van der Waals surface area contributed by atoms with E-state index < -0.39 is 5.60 Å². The first-order chi connectivity index (χ1) is 13.9. The van der Waals surface area contributed by atoms with E-state index in [1.165, 1.54) is 0 Å². The topological polar surface area (TPSA) is 71.2 Å². The number of rotatable bonds is 3. The van der Waals surface area contributed by atoms with Gasteiger partial charge in [-0.3, -0.25) is 9.78 Å². The van der Waals surface area contributed by atoms with Gasteiger partial charge in [0.2, 0.25) is 5.91 Å². The number of aromatic nitrogens is 3. The Morgan fingerprint density at radius 2 is 2.07 bits per heavy atom. The van der Waals surface area contributed by atoms with Crippen molar-refractivity contribution >= 4 is 34.2 Å². The van der Waals surface area contributed by atoms with E-state index in [1.54, 1.807) is 12.4 Å². The second-order valence-corrected chi connectivity index (χ2v) is 9.39. The lowest BCUT2D eigenvalue weighted by Crippen LogP contribution is -2.43. The fourth-order valence-corrected chi connectivity index (χ4v) is 5.34. The molecule has 3 aliphatic rings. The van der Waals surface area contributed by atoms with Gasteiger partial charge in [0.25, 0.3) is 0 Å². The third kappa shape index (κ3) is 2.42. The number of hydrogen-bond donors (Lipinski definition) is 1. The molecule has 2 aliphatic carbocycles. The molecule has 0 saturated heterocycles. The van der Waals surface area contributed by atoms with Gasteiger partial charge in [0.05, 0.1) is 40.5 Å². The smallest absolute Gasteiger partial charge is 0.238 e. The number of aliphatic hydroxyl groups is 1. The van der Waals surface area contributed by atoms with Crippen LogP contribution in [-0.4, -0.2) is 31.1 Å². The van der Waals surface area contributed by atoms with E-state index in [0.717, 1.165) is 41.0 Å². The second kappa shape index (κ2) is 5.58. The van der Waals surface area contributed by atoms with Crippen LogP contribution >= 0.6 is 11.6 Å². The van der Waals surface area contributed by atoms with E-state index in [1.807, 2.05) is 36.1 Å². The Morgan fingerprint density at radius 3 is 2.79 bits per heavy atom. The van der Waals surface area contributed by atoms with Gasteiger partial charge in [0.1, 0.15) is 5.82 Å². The van der Waals surface area contributed by atoms with Crippen LogP contribution in [0.15, 0.2) is 36.7 Å². The van der Waals surface area contributed by atoms with E-state index in [4.69, 9.17) is 16.6 Å². The molecular formula is C22H21ClN4O2. The van der Waals surface area contributed by atoms with Gasteiger partial charge in [0.15, 0.2) is 0 Å². The number of pyridine rings is 1. The SMILES string of the molecule is CC1(O)CC(n2c(CN3C(=O)C4(CC4)c4ccncc43)nc3cc(Cl)ccc32)C1. The van der Waals surface area contributed by atoms with E-state index in [2.05, 4.69) is 9.55 Å². The quantitative estimate of drug-likeness (QED) is 0.716. The van der Waals surface area contributed by atoms with Gasteiger partial charge >= 0.3 is 0 Å². The monoisotopic (exact) mass is 408 g/mol. The molecule has 1 amide bonds. The largest absolute Gasteiger partial charge is 0.390 e. The van der Waals surface area contributed by atoms with Crippen LogP contribution in [0, 0.1) is 0 Å². The third-order valence-electron chi connectivity index (χ3n) is 6.75. The summed E-state index contributed by atoms with van der Waals surface area (Å²) in [5.74, 6) is 0.973. The zero-order chi connectivity index (χ0) is 20.0. The average molecular weight is 409 g/mol. The van der Waals surface area contributed by atoms with Gasteiger partial charge in [-0.05, 0) is 62.4 Å². The molecule has 2 saturated carbocycles. The maximum Gasteiger partial charge on any atom is 0.238 e. The number of hydrogen-bond acceptors (Lipinski definition) is 4. The van der Waals surface area contributed by atoms with Crippen LogP contribution in [0.4, 0.5) is 5.69 Å². The third-order valence-corrected chi connectivity index (χ3v) is 6.99. The number of halogens is 1. The fourth-order valence-electron chi connectivity index (χ4n) is 5.17. The molecule has 148 valence electrons. The molecule has 1 aliphatic heterocycles. The molecular weight excluding hydrogens is 388 g/mol. The summed E-state index contributed by atoms with van der Waals surface area (Å²) in [5, 5.41) is 10.9. The summed E-state index contributed by atoms with van der Waals surface area (Å²) in [5.41, 5.74) is 2.80. The number of amides is 1. The van der Waals surface area contributed by atoms with Crippen molar-refractivity contribution < 1.29 is 9.90 Å². The van der Waals surface area contributed by atoms with E-state index >= 15 is 0 Å². The predicted octanol–water partition coefficient (Wildman–Crippen LogP) is 3.75. The van der Waals surface area contributed by atoms with Gasteiger partial charge in [0, 0.05) is 17.3 Å². The lowest BCUT2D eigenvalue weighted by Gasteiger charge is -2.42. The first kappa shape index (κ1) is 17.4. The molecule has 7 heteroatoms. The van der Waals surface area contributed by atoms with E-state index in [0.29, 0.717) is 24.4 Å². The molecule has 1 N–H and O–H groups in total. The molecule has 2 aromatic heterocycles. The Kier molecular flexibility index (Phi) is 3.35. The highest BCUT2D eigenvalue weighted by molar-refractivity contribution is 6.31. The summed E-state index contributed by atoms with van der Waals surface area (Å²) in [7, 11) is 0. The van der Waals surface area contributed by atoms with Gasteiger partial charge < -0.3 is 14.6 Å². The summed E-state index contributed by atoms with van der Waals surface area (Å²) in [6, 6.07) is 7.84. The van der Waals surface area contributed by atoms with Gasteiger partial charge in [-0.25, -0.2) is 4.98 Å². The molecule has 0 unspecified atom stereocenters. The van der Waals surface area contributed by atoms with Gasteiger partial charge in [-0.1, -0.05) is 11.6 Å². The maximum absolute atomic E-state index is 13.3. The molecule has 6 nitrogen and oxygen atoms in total. The molecule has 3 aromatic rings. The molecule has 0 atom stereocenters. The number of carbonyl (C=O) groups is 1. The Labute approximate surface area is 173 Å². The average Bonchev–Trinajstić information content (AvgIpc) is 3.35. The van der Waals surface area contributed by atoms with Crippen LogP contribution in [-0.2, 0) is 16.8 Å². The van der Waals surface area contributed by atoms with Crippen molar-refractivity contribution in [2.24, 2.45) is 0 Å². The molecule has 1 aromatic carbocycles. The Balaban J connectivity index is 1.45. The highest BCUT2D eigenvalue weighted by Crippen LogP contribution is 2.57. The number of nitrogens with zero attached hydrogens (tertiary/aromatic N) is 4. The van der Waals surface area contributed by atoms with Crippen LogP contribution in [0.3, 0.4) is 0 Å². The fraction of sp³-hybridized carbons (Fsp3) is 0.409. The van der Waals surface area contributed by atoms with Gasteiger partial charge in [-0.2, -0.15) is 0 Å². The van der Waals surface area contributed by atoms with E-state index in [-0.39, 0.29) is 17.4 Å². The Bertz CT molecular complexity index is 1170. The first-order valence-corrected chi connectivity index (χ1v) is 10.4. The standard InChI is InChI=1S/C22H21ClN4O2/c1-21(29)9-14(10-21)27-17-3-2-13(23)8-16(17)25-19(27)12-26-18-11-24-7-4-15(18)22(5-6-22)20(26)28/h2-4,7-8,11,14,29H,5-6,9-10,12H2,1H3. The van der Waals surface area contributed by atoms with Crippen LogP contribution in [0.2, 0.25) is 5.02 Å². The lowest BCUT2D eigenvalue weighted by atomic mass is 9.77. The molecule has 2 fully saturated rings. The first-order valence-electron chi connectivity index (χ1n) is 10.0. The summed E-state index contributed by atoms with van der Waals surface area (Å²) < 4.78 is 2.19. The van der Waals surface area contributed by atoms with Crippen LogP contribution < -0.4 is 4.90 Å². The summed E-state index contributed by atoms with van der Waals surface area (Å²) >= 11 is 6.20. The summed E-state index contributed by atoms with van der Waals surface area (Å²) in [4.78, 5) is 24.2. The molecule has 0 radical (unpaired) electrons. The minimum Gasteiger partial charge on any atom is -0.390 e. The summed E-state index contributed by atoms with van der Waals surface area (Å²) in [6.07, 6.45) is 6.70. The maximum atomic E-state index is 13.3. The van der Waals surface area contributed by atoms with Crippen LogP contribution in [0.25, 0.3) is 11.0 Å². The highest BCUT2D eigenvalue weighted by atomic mass is 35.5. The van der Waals surface area contributed by atoms with Crippen molar-refractivity contribution in [3.8, 4) is 0 Å².